The van der Waals surface area contributed by atoms with Crippen LogP contribution in [-0.2, 0) is 32.7 Å². The van der Waals surface area contributed by atoms with Crippen molar-refractivity contribution in [3.8, 4) is 0 Å². The third-order valence-corrected chi connectivity index (χ3v) is 6.37. The number of nitrogens with zero attached hydrogens (tertiary/aromatic N) is 3. The van der Waals surface area contributed by atoms with Gasteiger partial charge in [-0.15, -0.1) is 0 Å². The SMILES string of the molecule is CCCCCC(=O)OC[C@H](COP(=O)(O)OCCNc1ccc([N+](=O)[O-])c2nonc12)OC(=O)CCCCC. The summed E-state index contributed by atoms with van der Waals surface area (Å²) in [5.74, 6) is -0.999. The summed E-state index contributed by atoms with van der Waals surface area (Å²) in [6.07, 6.45) is 4.14. The molecule has 1 heterocycles. The molecule has 2 rings (SSSR count). The minimum atomic E-state index is -4.57. The van der Waals surface area contributed by atoms with Crippen LogP contribution < -0.4 is 5.32 Å². The van der Waals surface area contributed by atoms with Gasteiger partial charge < -0.3 is 19.7 Å². The van der Waals surface area contributed by atoms with Gasteiger partial charge in [0.1, 0.15) is 6.61 Å². The number of non-ortho nitro benzene ring substituents is 1. The summed E-state index contributed by atoms with van der Waals surface area (Å²) in [6.45, 7) is 2.84. The van der Waals surface area contributed by atoms with E-state index in [-0.39, 0.29) is 49.3 Å². The molecule has 0 aliphatic carbocycles. The molecule has 15 nitrogen and oxygen atoms in total. The van der Waals surface area contributed by atoms with Crippen LogP contribution in [0.2, 0.25) is 0 Å². The summed E-state index contributed by atoms with van der Waals surface area (Å²) in [6, 6.07) is 2.61. The van der Waals surface area contributed by atoms with E-state index >= 15 is 0 Å². The van der Waals surface area contributed by atoms with Crippen molar-refractivity contribution in [2.24, 2.45) is 0 Å². The maximum Gasteiger partial charge on any atom is 0.472 e. The van der Waals surface area contributed by atoms with Gasteiger partial charge in [0.15, 0.2) is 11.6 Å². The van der Waals surface area contributed by atoms with Gasteiger partial charge in [0.05, 0.1) is 23.8 Å². The van der Waals surface area contributed by atoms with Crippen molar-refractivity contribution in [2.45, 2.75) is 71.3 Å². The molecule has 0 saturated carbocycles. The first-order chi connectivity index (χ1) is 18.7. The Balaban J connectivity index is 1.85. The topological polar surface area (TPSA) is 202 Å². The number of esters is 2. The normalized spacial score (nSPS) is 13.5. The molecular weight excluding hydrogens is 539 g/mol. The Hall–Kier alpha value is -3.13. The van der Waals surface area contributed by atoms with Crippen LogP contribution in [0.3, 0.4) is 0 Å². The molecule has 16 heteroatoms. The molecule has 2 N–H and O–H groups in total. The number of nitro groups is 1. The highest BCUT2D eigenvalue weighted by Gasteiger charge is 2.26. The summed E-state index contributed by atoms with van der Waals surface area (Å²) in [4.78, 5) is 44.6. The number of nitro benzene ring substituents is 1. The van der Waals surface area contributed by atoms with Gasteiger partial charge in [-0.05, 0) is 29.2 Å². The molecule has 218 valence electrons. The number of ether oxygens (including phenoxy) is 2. The standard InChI is InChI=1S/C23H35N4O11P/c1-3-5-7-9-20(28)34-15-17(37-21(29)10-8-6-4-2)16-36-39(32,33)35-14-13-24-18-11-12-19(27(30)31)23-22(18)25-38-26-23/h11-12,17,24H,3-10,13-16H2,1-2H3,(H,32,33)/t17-/m1/s1. The highest BCUT2D eigenvalue weighted by Crippen LogP contribution is 2.43. The summed E-state index contributed by atoms with van der Waals surface area (Å²) in [5, 5.41) is 21.1. The molecule has 0 radical (unpaired) electrons. The van der Waals surface area contributed by atoms with E-state index in [1.165, 1.54) is 12.1 Å². The molecule has 2 atom stereocenters. The van der Waals surface area contributed by atoms with Gasteiger partial charge in [0.25, 0.3) is 0 Å². The van der Waals surface area contributed by atoms with Gasteiger partial charge in [-0.3, -0.25) is 28.8 Å². The summed E-state index contributed by atoms with van der Waals surface area (Å²) < 4.78 is 37.3. The van der Waals surface area contributed by atoms with Gasteiger partial charge >= 0.3 is 25.4 Å². The zero-order chi connectivity index (χ0) is 28.7. The molecule has 0 saturated heterocycles. The maximum atomic E-state index is 12.4. The van der Waals surface area contributed by atoms with Crippen LogP contribution in [0.5, 0.6) is 0 Å². The number of phosphoric ester groups is 1. The monoisotopic (exact) mass is 574 g/mol. The highest BCUT2D eigenvalue weighted by molar-refractivity contribution is 7.47. The Labute approximate surface area is 225 Å². The van der Waals surface area contributed by atoms with Crippen molar-refractivity contribution >= 4 is 42.2 Å². The zero-order valence-electron chi connectivity index (χ0n) is 22.0. The lowest BCUT2D eigenvalue weighted by molar-refractivity contribution is -0.383. The second kappa shape index (κ2) is 16.7. The van der Waals surface area contributed by atoms with Crippen LogP contribution in [-0.4, -0.2) is 64.5 Å². The average Bonchev–Trinajstić information content (AvgIpc) is 3.38. The number of fused-ring (bicyclic) bond motifs is 1. The fourth-order valence-electron chi connectivity index (χ4n) is 3.36. The second-order valence-corrected chi connectivity index (χ2v) is 10.0. The largest absolute Gasteiger partial charge is 0.472 e. The lowest BCUT2D eigenvalue weighted by Gasteiger charge is -2.20. The molecule has 0 fully saturated rings. The average molecular weight is 575 g/mol. The minimum Gasteiger partial charge on any atom is -0.462 e. The highest BCUT2D eigenvalue weighted by atomic mass is 31.2. The molecule has 39 heavy (non-hydrogen) atoms. The molecule has 0 spiro atoms. The number of anilines is 1. The Morgan fingerprint density at radius 2 is 1.72 bits per heavy atom. The molecule has 0 aliphatic heterocycles. The number of benzene rings is 1. The van der Waals surface area contributed by atoms with Crippen molar-refractivity contribution in [2.75, 3.05) is 31.7 Å². The number of unbranched alkanes of at least 4 members (excludes halogenated alkanes) is 4. The molecule has 0 amide bonds. The van der Waals surface area contributed by atoms with E-state index in [4.69, 9.17) is 18.5 Å². The number of phosphoric acid groups is 1. The molecule has 1 unspecified atom stereocenters. The number of nitrogens with one attached hydrogen (secondary N) is 1. The van der Waals surface area contributed by atoms with Gasteiger partial charge in [-0.1, -0.05) is 39.5 Å². The number of hydrogen-bond acceptors (Lipinski definition) is 13. The fraction of sp³-hybridized carbons (Fsp3) is 0.652. The van der Waals surface area contributed by atoms with Crippen LogP contribution in [0.1, 0.15) is 65.2 Å². The van der Waals surface area contributed by atoms with E-state index in [1.54, 1.807) is 0 Å². The van der Waals surface area contributed by atoms with Crippen LogP contribution in [0.4, 0.5) is 11.4 Å². The van der Waals surface area contributed by atoms with Crippen LogP contribution >= 0.6 is 7.82 Å². The van der Waals surface area contributed by atoms with Gasteiger partial charge in [0.2, 0.25) is 5.52 Å². The number of hydrogen-bond donors (Lipinski definition) is 2. The summed E-state index contributed by atoms with van der Waals surface area (Å²) in [5.41, 5.74) is 0.113. The second-order valence-electron chi connectivity index (χ2n) is 8.58. The van der Waals surface area contributed by atoms with E-state index in [0.717, 1.165) is 25.7 Å². The Kier molecular flexibility index (Phi) is 13.8. The summed E-state index contributed by atoms with van der Waals surface area (Å²) >= 11 is 0. The third kappa shape index (κ3) is 11.6. The first kappa shape index (κ1) is 32.1. The van der Waals surface area contributed by atoms with E-state index in [0.29, 0.717) is 18.5 Å². The minimum absolute atomic E-state index is 0.00109. The molecule has 2 aromatic rings. The lowest BCUT2D eigenvalue weighted by atomic mass is 10.2. The van der Waals surface area contributed by atoms with Crippen molar-refractivity contribution in [1.29, 1.82) is 0 Å². The number of carbonyl (C=O) groups excluding carboxylic acids is 2. The van der Waals surface area contributed by atoms with Gasteiger partial charge in [-0.2, -0.15) is 0 Å². The number of carbonyl (C=O) groups is 2. The number of rotatable bonds is 20. The Morgan fingerprint density at radius 3 is 2.38 bits per heavy atom. The third-order valence-electron chi connectivity index (χ3n) is 5.38. The van der Waals surface area contributed by atoms with E-state index in [2.05, 4.69) is 20.3 Å². The molecule has 0 bridgehead atoms. The fourth-order valence-corrected chi connectivity index (χ4v) is 4.11. The van der Waals surface area contributed by atoms with Crippen LogP contribution in [0.25, 0.3) is 11.0 Å². The first-order valence-electron chi connectivity index (χ1n) is 12.8. The Bertz CT molecular complexity index is 1130. The first-order valence-corrected chi connectivity index (χ1v) is 14.3. The van der Waals surface area contributed by atoms with Gasteiger partial charge in [0, 0.05) is 25.5 Å². The molecule has 1 aromatic heterocycles. The quantitative estimate of drug-likeness (QED) is 0.0745. The maximum absolute atomic E-state index is 12.4. The van der Waals surface area contributed by atoms with E-state index in [9.17, 15) is 29.2 Å². The molecule has 1 aromatic carbocycles. The van der Waals surface area contributed by atoms with Crippen molar-refractivity contribution in [3.05, 3.63) is 22.2 Å². The van der Waals surface area contributed by atoms with Crippen molar-refractivity contribution in [3.63, 3.8) is 0 Å². The molecular formula is C23H35N4O11P. The van der Waals surface area contributed by atoms with E-state index in [1.807, 2.05) is 13.8 Å². The Morgan fingerprint density at radius 1 is 1.05 bits per heavy atom. The van der Waals surface area contributed by atoms with Crippen molar-refractivity contribution in [1.82, 2.24) is 10.3 Å². The smallest absolute Gasteiger partial charge is 0.462 e. The van der Waals surface area contributed by atoms with E-state index < -0.39 is 37.4 Å². The predicted octanol–water partition coefficient (Wildman–Crippen LogP) is 4.29. The zero-order valence-corrected chi connectivity index (χ0v) is 22.9. The van der Waals surface area contributed by atoms with Gasteiger partial charge in [-0.25, -0.2) is 9.19 Å². The predicted molar refractivity (Wildman–Crippen MR) is 138 cm³/mol. The number of aromatic nitrogens is 2. The van der Waals surface area contributed by atoms with Crippen LogP contribution in [0, 0.1) is 10.1 Å². The molecule has 0 aliphatic rings. The summed E-state index contributed by atoms with van der Waals surface area (Å²) in [7, 11) is -4.57. The van der Waals surface area contributed by atoms with Crippen LogP contribution in [0.15, 0.2) is 16.8 Å². The lowest BCUT2D eigenvalue weighted by Crippen LogP contribution is -2.29. The van der Waals surface area contributed by atoms with Crippen molar-refractivity contribution < 1.29 is 47.1 Å².